The van der Waals surface area contributed by atoms with Crippen LogP contribution in [0.4, 0.5) is 22.7 Å². The SMILES string of the molecule is CC(C)(C)c1ccnc(-n2c3[c-]c(Oc4[c-]c(N5[CH-]N(c6c(C(C)(C)C)cc(-c7ccccc7)cc6C(C)(C)C)c6ccncc65)ccc4)ccc3c3ccccc32)c1.[Pt]. The second-order valence-electron chi connectivity index (χ2n) is 18.6. The fourth-order valence-electron chi connectivity index (χ4n) is 8.15. The fraction of sp³-hybridized carbons (Fsp3) is 0.226. The van der Waals surface area contributed by atoms with E-state index in [0.717, 1.165) is 44.7 Å². The van der Waals surface area contributed by atoms with Gasteiger partial charge in [0.2, 0.25) is 0 Å². The van der Waals surface area contributed by atoms with Crippen LogP contribution in [0.3, 0.4) is 0 Å². The Morgan fingerprint density at radius 2 is 1.28 bits per heavy atom. The first-order valence-electron chi connectivity index (χ1n) is 20.4. The van der Waals surface area contributed by atoms with E-state index in [9.17, 15) is 0 Å². The summed E-state index contributed by atoms with van der Waals surface area (Å²) in [5.41, 5.74) is 11.9. The molecule has 7 heteroatoms. The van der Waals surface area contributed by atoms with Gasteiger partial charge < -0.3 is 19.1 Å². The van der Waals surface area contributed by atoms with E-state index in [1.165, 1.54) is 33.5 Å². The Morgan fingerprint density at radius 3 is 2.00 bits per heavy atom. The first-order valence-corrected chi connectivity index (χ1v) is 20.4. The fourth-order valence-corrected chi connectivity index (χ4v) is 8.15. The minimum atomic E-state index is -0.150. The molecule has 5 aromatic carbocycles. The zero-order chi connectivity index (χ0) is 41.3. The van der Waals surface area contributed by atoms with Crippen LogP contribution in [0.5, 0.6) is 11.5 Å². The van der Waals surface area contributed by atoms with Gasteiger partial charge in [0.1, 0.15) is 5.82 Å². The number of nitrogens with zero attached hydrogens (tertiary/aromatic N) is 5. The third kappa shape index (κ3) is 7.51. The topological polar surface area (TPSA) is 46.4 Å². The predicted octanol–water partition coefficient (Wildman–Crippen LogP) is 13.9. The molecule has 0 unspecified atom stereocenters. The van der Waals surface area contributed by atoms with Crippen molar-refractivity contribution in [1.82, 2.24) is 14.5 Å². The number of pyridine rings is 2. The van der Waals surface area contributed by atoms with E-state index >= 15 is 0 Å². The third-order valence-electron chi connectivity index (χ3n) is 11.2. The molecule has 0 bridgehead atoms. The molecule has 8 aromatic rings. The summed E-state index contributed by atoms with van der Waals surface area (Å²) in [4.78, 5) is 14.0. The monoisotopic (exact) mass is 967 g/mol. The smallest absolute Gasteiger partial charge is 0.135 e. The molecular formula is C53H50N5OPt-3. The molecule has 0 radical (unpaired) electrons. The molecule has 1 aliphatic heterocycles. The summed E-state index contributed by atoms with van der Waals surface area (Å²) < 4.78 is 8.81. The average molecular weight is 968 g/mol. The first-order chi connectivity index (χ1) is 28.1. The van der Waals surface area contributed by atoms with Crippen molar-refractivity contribution in [3.63, 3.8) is 0 Å². The summed E-state index contributed by atoms with van der Waals surface area (Å²) in [5, 5.41) is 2.23. The Bertz CT molecular complexity index is 2820. The Balaban J connectivity index is 0.00000499. The molecule has 4 heterocycles. The van der Waals surface area contributed by atoms with Crippen LogP contribution in [-0.4, -0.2) is 14.5 Å². The van der Waals surface area contributed by atoms with E-state index in [2.05, 4.69) is 198 Å². The standard InChI is InChI=1S/C53H50N5O.Pt/c1-51(2,3)37-24-27-55-49(30-37)58-45-21-14-13-20-41(45)42-23-22-40(32-47(42)58)59-39-19-15-18-38(31-39)56-34-57(46-25-26-54-33-48(46)56)50-43(52(4,5)6)28-36(29-44(50)53(7,8)9)35-16-11-10-12-17-35;/h10-30,33-34H,1-9H3;/q-3;. The van der Waals surface area contributed by atoms with Gasteiger partial charge in [0, 0.05) is 68.0 Å². The molecule has 0 N–H and O–H groups in total. The number of para-hydroxylation sites is 1. The van der Waals surface area contributed by atoms with Gasteiger partial charge in [-0.05, 0) is 85.8 Å². The van der Waals surface area contributed by atoms with Crippen LogP contribution in [0.2, 0.25) is 0 Å². The summed E-state index contributed by atoms with van der Waals surface area (Å²) in [6, 6.07) is 47.6. The molecule has 1 aliphatic rings. The Labute approximate surface area is 369 Å². The van der Waals surface area contributed by atoms with Crippen molar-refractivity contribution in [3.8, 4) is 28.4 Å². The van der Waals surface area contributed by atoms with Crippen molar-refractivity contribution in [3.05, 3.63) is 169 Å². The van der Waals surface area contributed by atoms with E-state index in [0.29, 0.717) is 11.5 Å². The third-order valence-corrected chi connectivity index (χ3v) is 11.2. The van der Waals surface area contributed by atoms with Crippen molar-refractivity contribution in [2.75, 3.05) is 9.80 Å². The summed E-state index contributed by atoms with van der Waals surface area (Å²) in [5.74, 6) is 2.04. The van der Waals surface area contributed by atoms with E-state index in [4.69, 9.17) is 9.72 Å². The number of fused-ring (bicyclic) bond motifs is 4. The number of benzene rings is 5. The maximum atomic E-state index is 6.62. The zero-order valence-corrected chi connectivity index (χ0v) is 38.0. The molecule has 9 rings (SSSR count). The van der Waals surface area contributed by atoms with Crippen LogP contribution in [0.25, 0.3) is 38.8 Å². The summed E-state index contributed by atoms with van der Waals surface area (Å²) in [7, 11) is 0. The van der Waals surface area contributed by atoms with E-state index in [1.54, 1.807) is 0 Å². The van der Waals surface area contributed by atoms with Gasteiger partial charge >= 0.3 is 0 Å². The molecule has 0 saturated carbocycles. The van der Waals surface area contributed by atoms with Crippen molar-refractivity contribution in [2.45, 2.75) is 78.6 Å². The van der Waals surface area contributed by atoms with Crippen LogP contribution in [0.15, 0.2) is 134 Å². The number of ether oxygens (including phenoxy) is 1. The number of rotatable bonds is 6. The van der Waals surface area contributed by atoms with Crippen LogP contribution in [-0.2, 0) is 37.3 Å². The van der Waals surface area contributed by atoms with Gasteiger partial charge in [-0.2, -0.15) is 12.1 Å². The number of hydrogen-bond acceptors (Lipinski definition) is 5. The van der Waals surface area contributed by atoms with Crippen LogP contribution in [0.1, 0.15) is 79.0 Å². The molecule has 60 heavy (non-hydrogen) atoms. The quantitative estimate of drug-likeness (QED) is 0.155. The normalized spacial score (nSPS) is 13.2. The minimum absolute atomic E-state index is 0. The Hall–Kier alpha value is -5.71. The van der Waals surface area contributed by atoms with Crippen molar-refractivity contribution < 1.29 is 25.8 Å². The van der Waals surface area contributed by atoms with Crippen LogP contribution >= 0.6 is 0 Å². The first kappa shape index (κ1) is 41.0. The van der Waals surface area contributed by atoms with Gasteiger partial charge in [0.15, 0.2) is 0 Å². The molecule has 0 saturated heterocycles. The Kier molecular flexibility index (Phi) is 10.5. The number of hydrogen-bond donors (Lipinski definition) is 0. The molecule has 0 amide bonds. The molecular weight excluding hydrogens is 918 g/mol. The predicted molar refractivity (Wildman–Crippen MR) is 244 cm³/mol. The minimum Gasteiger partial charge on any atom is -0.509 e. The molecule has 6 nitrogen and oxygen atoms in total. The molecule has 0 atom stereocenters. The molecule has 0 aliphatic carbocycles. The molecule has 306 valence electrons. The van der Waals surface area contributed by atoms with Crippen molar-refractivity contribution in [2.24, 2.45) is 0 Å². The molecule has 3 aromatic heterocycles. The summed E-state index contributed by atoms with van der Waals surface area (Å²) in [6.07, 6.45) is 5.70. The summed E-state index contributed by atoms with van der Waals surface area (Å²) in [6.45, 7) is 22.7. The van der Waals surface area contributed by atoms with Crippen LogP contribution in [0, 0.1) is 18.8 Å². The maximum absolute atomic E-state index is 6.62. The summed E-state index contributed by atoms with van der Waals surface area (Å²) >= 11 is 0. The molecule has 0 spiro atoms. The zero-order valence-electron chi connectivity index (χ0n) is 35.7. The number of anilines is 4. The van der Waals surface area contributed by atoms with E-state index in [-0.39, 0.29) is 37.3 Å². The largest absolute Gasteiger partial charge is 0.509 e. The van der Waals surface area contributed by atoms with E-state index < -0.39 is 0 Å². The van der Waals surface area contributed by atoms with Gasteiger partial charge in [0.25, 0.3) is 0 Å². The van der Waals surface area contributed by atoms with Gasteiger partial charge in [-0.1, -0.05) is 116 Å². The van der Waals surface area contributed by atoms with Crippen molar-refractivity contribution >= 4 is 44.6 Å². The number of aromatic nitrogens is 3. The van der Waals surface area contributed by atoms with Crippen LogP contribution < -0.4 is 14.5 Å². The van der Waals surface area contributed by atoms with Gasteiger partial charge in [0.05, 0.1) is 5.69 Å². The van der Waals surface area contributed by atoms with Gasteiger partial charge in [-0.3, -0.25) is 4.98 Å². The second kappa shape index (κ2) is 15.4. The average Bonchev–Trinajstić information content (AvgIpc) is 3.76. The second-order valence-corrected chi connectivity index (χ2v) is 18.6. The van der Waals surface area contributed by atoms with E-state index in [1.807, 2.05) is 36.8 Å². The van der Waals surface area contributed by atoms with Gasteiger partial charge in [-0.15, -0.1) is 48.1 Å². The maximum Gasteiger partial charge on any atom is 0.135 e. The molecule has 0 fully saturated rings. The van der Waals surface area contributed by atoms with Gasteiger partial charge in [-0.25, -0.2) is 4.98 Å². The van der Waals surface area contributed by atoms with Crippen molar-refractivity contribution in [1.29, 1.82) is 0 Å². The Morgan fingerprint density at radius 1 is 0.583 bits per heavy atom.